The minimum Gasteiger partial charge on any atom is -0.378 e. The first-order valence-electron chi connectivity index (χ1n) is 16.3. The molecule has 2 N–H and O–H groups in total. The van der Waals surface area contributed by atoms with Gasteiger partial charge in [0.05, 0.1) is 25.8 Å². The van der Waals surface area contributed by atoms with Crippen LogP contribution in [0.4, 0.5) is 5.69 Å². The molecular formula is C33H47N5O6. The number of anilines is 1. The lowest BCUT2D eigenvalue weighted by Crippen LogP contribution is -2.55. The summed E-state index contributed by atoms with van der Waals surface area (Å²) in [4.78, 5) is 72.0. The van der Waals surface area contributed by atoms with Crippen molar-refractivity contribution in [2.45, 2.75) is 89.9 Å². The minimum absolute atomic E-state index is 0.0435. The number of carbonyl (C=O) groups excluding carboxylic acids is 5. The molecule has 5 rings (SSSR count). The molecule has 11 heteroatoms. The lowest BCUT2D eigenvalue weighted by molar-refractivity contribution is -0.139. The average Bonchev–Trinajstić information content (AvgIpc) is 3.60. The molecule has 0 spiro atoms. The minimum atomic E-state index is -0.799. The van der Waals surface area contributed by atoms with Gasteiger partial charge in [0, 0.05) is 37.8 Å². The van der Waals surface area contributed by atoms with Crippen molar-refractivity contribution in [1.82, 2.24) is 20.4 Å². The van der Waals surface area contributed by atoms with Gasteiger partial charge >= 0.3 is 0 Å². The summed E-state index contributed by atoms with van der Waals surface area (Å²) in [6.45, 7) is 8.59. The molecular weight excluding hydrogens is 562 g/mol. The van der Waals surface area contributed by atoms with Crippen LogP contribution in [0.25, 0.3) is 0 Å². The number of likely N-dealkylation sites (tertiary alicyclic amines) is 2. The Morgan fingerprint density at radius 3 is 2.20 bits per heavy atom. The largest absolute Gasteiger partial charge is 0.378 e. The van der Waals surface area contributed by atoms with Gasteiger partial charge in [-0.05, 0) is 61.8 Å². The third-order valence-corrected chi connectivity index (χ3v) is 9.55. The average molecular weight is 610 g/mol. The van der Waals surface area contributed by atoms with Crippen LogP contribution in [0.2, 0.25) is 0 Å². The van der Waals surface area contributed by atoms with Crippen LogP contribution in [-0.2, 0) is 23.9 Å². The Kier molecular flexibility index (Phi) is 10.2. The van der Waals surface area contributed by atoms with Gasteiger partial charge in [0.2, 0.25) is 17.7 Å². The number of fused-ring (bicyclic) bond motifs is 1. The highest BCUT2D eigenvalue weighted by molar-refractivity contribution is 6.01. The van der Waals surface area contributed by atoms with E-state index in [4.69, 9.17) is 4.74 Å². The van der Waals surface area contributed by atoms with E-state index in [2.05, 4.69) is 15.5 Å². The second kappa shape index (κ2) is 14.1. The number of ether oxygens (including phenoxy) is 1. The first-order chi connectivity index (χ1) is 21.1. The van der Waals surface area contributed by atoms with Gasteiger partial charge in [0.1, 0.15) is 18.1 Å². The molecule has 0 bridgehead atoms. The molecule has 11 nitrogen and oxygen atoms in total. The fourth-order valence-electron chi connectivity index (χ4n) is 7.38. The predicted molar refractivity (Wildman–Crippen MR) is 165 cm³/mol. The lowest BCUT2D eigenvalue weighted by Gasteiger charge is -2.34. The number of morpholine rings is 1. The van der Waals surface area contributed by atoms with Crippen molar-refractivity contribution in [3.8, 4) is 0 Å². The summed E-state index contributed by atoms with van der Waals surface area (Å²) in [7, 11) is 0. The fourth-order valence-corrected chi connectivity index (χ4v) is 7.38. The van der Waals surface area contributed by atoms with Crippen molar-refractivity contribution in [2.75, 3.05) is 44.3 Å². The van der Waals surface area contributed by atoms with Gasteiger partial charge < -0.3 is 30.1 Å². The number of amides is 4. The molecule has 4 atom stereocenters. The molecule has 3 heterocycles. The summed E-state index contributed by atoms with van der Waals surface area (Å²) >= 11 is 0. The Bertz CT molecular complexity index is 1220. The van der Waals surface area contributed by atoms with Crippen LogP contribution in [0.3, 0.4) is 0 Å². The van der Waals surface area contributed by atoms with Crippen LogP contribution in [0.15, 0.2) is 24.3 Å². The van der Waals surface area contributed by atoms with Crippen LogP contribution < -0.4 is 15.5 Å². The number of ketones is 1. The Morgan fingerprint density at radius 2 is 1.57 bits per heavy atom. The normalized spacial score (nSPS) is 23.8. The molecule has 4 fully saturated rings. The zero-order chi connectivity index (χ0) is 31.4. The maximum absolute atomic E-state index is 14.0. The quantitative estimate of drug-likeness (QED) is 0.439. The summed E-state index contributed by atoms with van der Waals surface area (Å²) < 4.78 is 5.43. The highest BCUT2D eigenvalue weighted by Gasteiger charge is 2.53. The molecule has 0 aromatic heterocycles. The number of carbonyl (C=O) groups is 5. The van der Waals surface area contributed by atoms with E-state index in [1.54, 1.807) is 21.9 Å². The number of benzene rings is 1. The van der Waals surface area contributed by atoms with E-state index < -0.39 is 24.2 Å². The van der Waals surface area contributed by atoms with Crippen LogP contribution >= 0.6 is 0 Å². The van der Waals surface area contributed by atoms with Crippen molar-refractivity contribution in [2.24, 2.45) is 11.8 Å². The van der Waals surface area contributed by atoms with Crippen LogP contribution in [-0.4, -0.2) is 103 Å². The standard InChI is InChI=1S/C33H47N5O6/c1-21(2)19-26(35-31(41)24-9-11-25(12-10-24)36-15-17-44-18-16-36)32(42)37-14-13-27-30(37)28(40)20-38(27)33(43)29(34-22(3)39)23-7-5-4-6-8-23/h9-12,21,23,26-27,29-30H,4-8,13-20H2,1-3H3,(H,34,39)(H,35,41). The number of hydrogen-bond acceptors (Lipinski definition) is 7. The van der Waals surface area contributed by atoms with Crippen molar-refractivity contribution < 1.29 is 28.7 Å². The van der Waals surface area contributed by atoms with Crippen molar-refractivity contribution >= 4 is 35.1 Å². The van der Waals surface area contributed by atoms with Gasteiger partial charge in [-0.1, -0.05) is 33.1 Å². The van der Waals surface area contributed by atoms with E-state index in [9.17, 15) is 24.0 Å². The van der Waals surface area contributed by atoms with Crippen LogP contribution in [0.1, 0.15) is 76.1 Å². The Labute approximate surface area is 260 Å². The number of rotatable bonds is 9. The molecule has 4 amide bonds. The van der Waals surface area contributed by atoms with Crippen molar-refractivity contribution in [1.29, 1.82) is 0 Å². The topological polar surface area (TPSA) is 128 Å². The van der Waals surface area contributed by atoms with Crippen molar-refractivity contribution in [3.63, 3.8) is 0 Å². The highest BCUT2D eigenvalue weighted by Crippen LogP contribution is 2.34. The molecule has 1 aromatic carbocycles. The van der Waals surface area contributed by atoms with Crippen LogP contribution in [0.5, 0.6) is 0 Å². The highest BCUT2D eigenvalue weighted by atomic mass is 16.5. The molecule has 3 saturated heterocycles. The third kappa shape index (κ3) is 7.08. The second-order valence-electron chi connectivity index (χ2n) is 13.1. The maximum atomic E-state index is 14.0. The summed E-state index contributed by atoms with van der Waals surface area (Å²) in [5, 5.41) is 5.82. The van der Waals surface area contributed by atoms with Crippen molar-refractivity contribution in [3.05, 3.63) is 29.8 Å². The van der Waals surface area contributed by atoms with E-state index in [0.717, 1.165) is 50.9 Å². The summed E-state index contributed by atoms with van der Waals surface area (Å²) in [6.07, 6.45) is 5.79. The smallest absolute Gasteiger partial charge is 0.251 e. The molecule has 44 heavy (non-hydrogen) atoms. The summed E-state index contributed by atoms with van der Waals surface area (Å²) in [5.41, 5.74) is 1.48. The lowest BCUT2D eigenvalue weighted by atomic mass is 9.83. The number of nitrogens with zero attached hydrogens (tertiary/aromatic N) is 3. The van der Waals surface area contributed by atoms with E-state index >= 15 is 0 Å². The molecule has 1 saturated carbocycles. The molecule has 1 aromatic rings. The van der Waals surface area contributed by atoms with Gasteiger partial charge in [-0.3, -0.25) is 24.0 Å². The SMILES string of the molecule is CC(=O)NC(C(=O)N1CC(=O)C2C1CCN2C(=O)C(CC(C)C)NC(=O)c1ccc(N2CCOCC2)cc1)C1CCCCC1. The number of hydrogen-bond donors (Lipinski definition) is 2. The zero-order valence-corrected chi connectivity index (χ0v) is 26.3. The number of Topliss-reactive ketones (excluding diaryl/α,β-unsaturated/α-hetero) is 1. The first kappa shape index (κ1) is 31.9. The number of nitrogens with one attached hydrogen (secondary N) is 2. The monoisotopic (exact) mass is 609 g/mol. The summed E-state index contributed by atoms with van der Waals surface area (Å²) in [6, 6.07) is 4.73. The van der Waals surface area contributed by atoms with E-state index in [0.29, 0.717) is 38.2 Å². The molecule has 4 unspecified atom stereocenters. The maximum Gasteiger partial charge on any atom is 0.251 e. The Balaban J connectivity index is 1.27. The molecule has 4 aliphatic rings. The second-order valence-corrected chi connectivity index (χ2v) is 13.1. The molecule has 3 aliphatic heterocycles. The fraction of sp³-hybridized carbons (Fsp3) is 0.667. The van der Waals surface area contributed by atoms with Gasteiger partial charge in [-0.2, -0.15) is 0 Å². The first-order valence-corrected chi connectivity index (χ1v) is 16.3. The summed E-state index contributed by atoms with van der Waals surface area (Å²) in [5.74, 6) is -1.13. The van der Waals surface area contributed by atoms with E-state index in [-0.39, 0.29) is 47.8 Å². The van der Waals surface area contributed by atoms with E-state index in [1.165, 1.54) is 6.92 Å². The van der Waals surface area contributed by atoms with E-state index in [1.807, 2.05) is 26.0 Å². The predicted octanol–water partition coefficient (Wildman–Crippen LogP) is 2.13. The molecule has 240 valence electrons. The van der Waals surface area contributed by atoms with Gasteiger partial charge in [0.25, 0.3) is 5.91 Å². The third-order valence-electron chi connectivity index (χ3n) is 9.55. The Hall–Kier alpha value is -3.47. The van der Waals surface area contributed by atoms with Gasteiger partial charge in [-0.15, -0.1) is 0 Å². The zero-order valence-electron chi connectivity index (χ0n) is 26.3. The van der Waals surface area contributed by atoms with Crippen LogP contribution in [0, 0.1) is 11.8 Å². The molecule has 0 radical (unpaired) electrons. The van der Waals surface area contributed by atoms with Gasteiger partial charge in [0.15, 0.2) is 5.78 Å². The Morgan fingerprint density at radius 1 is 0.886 bits per heavy atom. The van der Waals surface area contributed by atoms with Gasteiger partial charge in [-0.25, -0.2) is 0 Å². The molecule has 1 aliphatic carbocycles.